The summed E-state index contributed by atoms with van der Waals surface area (Å²) in [5.74, 6) is 1.61. The van der Waals surface area contributed by atoms with E-state index < -0.39 is 0 Å². The SMILES string of the molecule is CC(C)CCC(=O)CC(C)C. The molecule has 0 fully saturated rings. The van der Waals surface area contributed by atoms with Crippen molar-refractivity contribution in [2.24, 2.45) is 11.8 Å². The van der Waals surface area contributed by atoms with Gasteiger partial charge in [0.15, 0.2) is 0 Å². The van der Waals surface area contributed by atoms with Crippen molar-refractivity contribution in [3.8, 4) is 0 Å². The molecule has 0 spiro atoms. The van der Waals surface area contributed by atoms with Gasteiger partial charge < -0.3 is 0 Å². The fourth-order valence-corrected chi connectivity index (χ4v) is 1.01. The van der Waals surface area contributed by atoms with Gasteiger partial charge in [-0.1, -0.05) is 27.7 Å². The third kappa shape index (κ3) is 7.57. The maximum atomic E-state index is 11.2. The van der Waals surface area contributed by atoms with Gasteiger partial charge in [-0.15, -0.1) is 0 Å². The summed E-state index contributed by atoms with van der Waals surface area (Å²) in [5, 5.41) is 0. The van der Waals surface area contributed by atoms with Gasteiger partial charge in [0.05, 0.1) is 0 Å². The first-order chi connectivity index (χ1) is 5.02. The van der Waals surface area contributed by atoms with Crippen LogP contribution in [0.2, 0.25) is 0 Å². The average molecular weight is 156 g/mol. The number of carbonyl (C=O) groups is 1. The fraction of sp³-hybridized carbons (Fsp3) is 0.900. The molecule has 0 bridgehead atoms. The molecular formula is C10H20O. The van der Waals surface area contributed by atoms with Crippen LogP contribution in [0.4, 0.5) is 0 Å². The van der Waals surface area contributed by atoms with Crippen LogP contribution in [0.25, 0.3) is 0 Å². The molecule has 0 atom stereocenters. The molecule has 0 aromatic carbocycles. The fourth-order valence-electron chi connectivity index (χ4n) is 1.01. The number of carbonyl (C=O) groups excluding carboxylic acids is 1. The van der Waals surface area contributed by atoms with E-state index in [0.717, 1.165) is 19.3 Å². The van der Waals surface area contributed by atoms with Gasteiger partial charge >= 0.3 is 0 Å². The van der Waals surface area contributed by atoms with E-state index in [9.17, 15) is 4.79 Å². The Balaban J connectivity index is 3.38. The largest absolute Gasteiger partial charge is 0.300 e. The lowest BCUT2D eigenvalue weighted by Crippen LogP contribution is -2.03. The lowest BCUT2D eigenvalue weighted by Gasteiger charge is -2.05. The summed E-state index contributed by atoms with van der Waals surface area (Å²) in [7, 11) is 0. The van der Waals surface area contributed by atoms with Gasteiger partial charge in [0.1, 0.15) is 5.78 Å². The Bertz CT molecular complexity index is 114. The van der Waals surface area contributed by atoms with Crippen molar-refractivity contribution in [3.63, 3.8) is 0 Å². The number of rotatable bonds is 5. The smallest absolute Gasteiger partial charge is 0.133 e. The number of ketones is 1. The van der Waals surface area contributed by atoms with Crippen LogP contribution >= 0.6 is 0 Å². The van der Waals surface area contributed by atoms with Crippen LogP contribution in [0.5, 0.6) is 0 Å². The Hall–Kier alpha value is -0.330. The minimum Gasteiger partial charge on any atom is -0.300 e. The molecule has 0 N–H and O–H groups in total. The average Bonchev–Trinajstić information content (AvgIpc) is 1.82. The minimum atomic E-state index is 0.425. The molecule has 0 amide bonds. The number of Topliss-reactive ketones (excluding diaryl/α,β-unsaturated/α-hetero) is 1. The molecule has 11 heavy (non-hydrogen) atoms. The standard InChI is InChI=1S/C10H20O/c1-8(2)5-6-10(11)7-9(3)4/h8-9H,5-7H2,1-4H3. The van der Waals surface area contributed by atoms with Gasteiger partial charge in [0.2, 0.25) is 0 Å². The topological polar surface area (TPSA) is 17.1 Å². The van der Waals surface area contributed by atoms with Gasteiger partial charge in [-0.2, -0.15) is 0 Å². The normalized spacial score (nSPS) is 11.1. The lowest BCUT2D eigenvalue weighted by molar-refractivity contribution is -0.120. The highest BCUT2D eigenvalue weighted by Crippen LogP contribution is 2.08. The van der Waals surface area contributed by atoms with Crippen LogP contribution in [0.15, 0.2) is 0 Å². The number of hydrogen-bond acceptors (Lipinski definition) is 1. The molecule has 0 rings (SSSR count). The maximum absolute atomic E-state index is 11.2. The van der Waals surface area contributed by atoms with Gasteiger partial charge in [-0.3, -0.25) is 4.79 Å². The molecular weight excluding hydrogens is 136 g/mol. The zero-order chi connectivity index (χ0) is 8.85. The van der Waals surface area contributed by atoms with E-state index in [4.69, 9.17) is 0 Å². The van der Waals surface area contributed by atoms with E-state index in [1.165, 1.54) is 0 Å². The molecule has 0 saturated heterocycles. The van der Waals surface area contributed by atoms with Crippen LogP contribution in [-0.2, 0) is 4.79 Å². The maximum Gasteiger partial charge on any atom is 0.133 e. The summed E-state index contributed by atoms with van der Waals surface area (Å²) in [6, 6.07) is 0. The van der Waals surface area contributed by atoms with Crippen molar-refractivity contribution in [2.75, 3.05) is 0 Å². The zero-order valence-electron chi connectivity index (χ0n) is 8.18. The van der Waals surface area contributed by atoms with E-state index in [1.54, 1.807) is 0 Å². The second-order valence-electron chi connectivity index (χ2n) is 4.07. The Kier molecular flexibility index (Phi) is 5.18. The molecule has 0 aliphatic carbocycles. The van der Waals surface area contributed by atoms with Gasteiger partial charge in [0, 0.05) is 12.8 Å². The highest BCUT2D eigenvalue weighted by Gasteiger charge is 2.05. The van der Waals surface area contributed by atoms with Crippen LogP contribution in [-0.4, -0.2) is 5.78 Å². The van der Waals surface area contributed by atoms with Gasteiger partial charge in [-0.25, -0.2) is 0 Å². The second-order valence-corrected chi connectivity index (χ2v) is 4.07. The number of hydrogen-bond donors (Lipinski definition) is 0. The molecule has 0 aromatic rings. The van der Waals surface area contributed by atoms with E-state index >= 15 is 0 Å². The van der Waals surface area contributed by atoms with Crippen molar-refractivity contribution in [3.05, 3.63) is 0 Å². The highest BCUT2D eigenvalue weighted by molar-refractivity contribution is 5.78. The van der Waals surface area contributed by atoms with E-state index in [2.05, 4.69) is 27.7 Å². The first kappa shape index (κ1) is 10.7. The zero-order valence-corrected chi connectivity index (χ0v) is 8.18. The van der Waals surface area contributed by atoms with Crippen LogP contribution < -0.4 is 0 Å². The summed E-state index contributed by atoms with van der Waals surface area (Å²) < 4.78 is 0. The second kappa shape index (κ2) is 5.34. The van der Waals surface area contributed by atoms with Crippen LogP contribution in [0, 0.1) is 11.8 Å². The Labute approximate surface area is 70.2 Å². The van der Waals surface area contributed by atoms with Crippen molar-refractivity contribution in [1.82, 2.24) is 0 Å². The Morgan fingerprint density at radius 2 is 1.64 bits per heavy atom. The first-order valence-corrected chi connectivity index (χ1v) is 4.54. The van der Waals surface area contributed by atoms with E-state index in [1.807, 2.05) is 0 Å². The third-order valence-electron chi connectivity index (χ3n) is 1.64. The van der Waals surface area contributed by atoms with Crippen molar-refractivity contribution in [1.29, 1.82) is 0 Å². The quantitative estimate of drug-likeness (QED) is 0.598. The van der Waals surface area contributed by atoms with Gasteiger partial charge in [-0.05, 0) is 18.3 Å². The van der Waals surface area contributed by atoms with Crippen LogP contribution in [0.1, 0.15) is 47.0 Å². The molecule has 0 unspecified atom stereocenters. The summed E-state index contributed by atoms with van der Waals surface area (Å²) >= 11 is 0. The molecule has 0 aliphatic rings. The first-order valence-electron chi connectivity index (χ1n) is 4.54. The summed E-state index contributed by atoms with van der Waals surface area (Å²) in [4.78, 5) is 11.2. The monoisotopic (exact) mass is 156 g/mol. The Morgan fingerprint density at radius 1 is 1.09 bits per heavy atom. The molecule has 66 valence electrons. The summed E-state index contributed by atoms with van der Waals surface area (Å²) in [5.41, 5.74) is 0. The van der Waals surface area contributed by atoms with Gasteiger partial charge in [0.25, 0.3) is 0 Å². The van der Waals surface area contributed by atoms with Crippen LogP contribution in [0.3, 0.4) is 0 Å². The highest BCUT2D eigenvalue weighted by atomic mass is 16.1. The predicted octanol–water partition coefficient (Wildman–Crippen LogP) is 3.04. The molecule has 0 heterocycles. The third-order valence-corrected chi connectivity index (χ3v) is 1.64. The molecule has 0 aromatic heterocycles. The lowest BCUT2D eigenvalue weighted by atomic mass is 10.00. The van der Waals surface area contributed by atoms with E-state index in [0.29, 0.717) is 17.6 Å². The molecule has 0 radical (unpaired) electrons. The van der Waals surface area contributed by atoms with Crippen molar-refractivity contribution in [2.45, 2.75) is 47.0 Å². The Morgan fingerprint density at radius 3 is 2.00 bits per heavy atom. The van der Waals surface area contributed by atoms with E-state index in [-0.39, 0.29) is 0 Å². The van der Waals surface area contributed by atoms with Crippen molar-refractivity contribution < 1.29 is 4.79 Å². The van der Waals surface area contributed by atoms with Crippen molar-refractivity contribution >= 4 is 5.78 Å². The summed E-state index contributed by atoms with van der Waals surface area (Å²) in [6.07, 6.45) is 2.58. The molecule has 1 heteroatoms. The predicted molar refractivity (Wildman–Crippen MR) is 48.5 cm³/mol. The minimum absolute atomic E-state index is 0.425. The summed E-state index contributed by atoms with van der Waals surface area (Å²) in [6.45, 7) is 8.49. The molecule has 1 nitrogen and oxygen atoms in total. The molecule has 0 aliphatic heterocycles. The molecule has 0 saturated carbocycles.